The first-order valence-electron chi connectivity index (χ1n) is 5.30. The minimum absolute atomic E-state index is 0.259. The van der Waals surface area contributed by atoms with Crippen LogP contribution in [0, 0.1) is 6.92 Å². The lowest BCUT2D eigenvalue weighted by atomic mass is 10.1. The van der Waals surface area contributed by atoms with Crippen molar-refractivity contribution in [3.63, 3.8) is 0 Å². The highest BCUT2D eigenvalue weighted by molar-refractivity contribution is 7.20. The van der Waals surface area contributed by atoms with Crippen LogP contribution in [0.4, 0.5) is 0 Å². The van der Waals surface area contributed by atoms with E-state index >= 15 is 0 Å². The summed E-state index contributed by atoms with van der Waals surface area (Å²) in [7, 11) is 1.40. The van der Waals surface area contributed by atoms with Gasteiger partial charge in [-0.3, -0.25) is 0 Å². The predicted molar refractivity (Wildman–Crippen MR) is 69.2 cm³/mol. The molecule has 0 saturated carbocycles. The summed E-state index contributed by atoms with van der Waals surface area (Å²) < 4.78 is 5.81. The average Bonchev–Trinajstić information content (AvgIpc) is 2.76. The minimum Gasteiger partial charge on any atom is -0.465 e. The van der Waals surface area contributed by atoms with Gasteiger partial charge < -0.3 is 4.74 Å². The summed E-state index contributed by atoms with van der Waals surface area (Å²) in [6.45, 7) is 6.04. The van der Waals surface area contributed by atoms with Gasteiger partial charge in [-0.05, 0) is 30.0 Å². The first kappa shape index (κ1) is 12.7. The van der Waals surface area contributed by atoms with Crippen LogP contribution in [-0.2, 0) is 4.74 Å². The molecule has 0 N–H and O–H groups in total. The van der Waals surface area contributed by atoms with Gasteiger partial charge in [-0.1, -0.05) is 26.0 Å². The Labute approximate surface area is 99.9 Å². The molecule has 0 amide bonds. The molecule has 2 aromatic rings. The van der Waals surface area contributed by atoms with Crippen molar-refractivity contribution in [3.8, 4) is 0 Å². The number of fused-ring (bicyclic) bond motifs is 1. The first-order valence-corrected chi connectivity index (χ1v) is 6.11. The van der Waals surface area contributed by atoms with Gasteiger partial charge in [0.15, 0.2) is 0 Å². The van der Waals surface area contributed by atoms with Crippen LogP contribution >= 0.6 is 11.3 Å². The fourth-order valence-electron chi connectivity index (χ4n) is 1.41. The Morgan fingerprint density at radius 3 is 2.56 bits per heavy atom. The number of methoxy groups -OCH3 is 1. The third-order valence-corrected chi connectivity index (χ3v) is 3.25. The van der Waals surface area contributed by atoms with Crippen molar-refractivity contribution in [2.75, 3.05) is 7.11 Å². The molecule has 0 aliphatic carbocycles. The number of aryl methyl sites for hydroxylation is 1. The van der Waals surface area contributed by atoms with Crippen LogP contribution in [0.3, 0.4) is 0 Å². The van der Waals surface area contributed by atoms with Crippen molar-refractivity contribution in [2.45, 2.75) is 20.8 Å². The van der Waals surface area contributed by atoms with E-state index in [1.807, 2.05) is 45.0 Å². The Bertz CT molecular complexity index is 486. The van der Waals surface area contributed by atoms with Gasteiger partial charge in [-0.15, -0.1) is 11.3 Å². The molecule has 0 atom stereocenters. The Morgan fingerprint density at radius 1 is 1.31 bits per heavy atom. The molecular weight excluding hydrogens is 220 g/mol. The summed E-state index contributed by atoms with van der Waals surface area (Å²) >= 11 is 1.47. The van der Waals surface area contributed by atoms with E-state index < -0.39 is 0 Å². The van der Waals surface area contributed by atoms with E-state index in [-0.39, 0.29) is 5.97 Å². The number of rotatable bonds is 1. The van der Waals surface area contributed by atoms with Crippen LogP contribution in [0.5, 0.6) is 0 Å². The molecule has 16 heavy (non-hydrogen) atoms. The standard InChI is InChI=1S/C11H10O2S.C2H6/c1-7-4-3-5-9-8(7)6-10(14-9)11(12)13-2;1-2/h3-6H,1-2H3;1-2H3. The lowest BCUT2D eigenvalue weighted by molar-refractivity contribution is 0.0606. The normalized spacial score (nSPS) is 9.50. The summed E-state index contributed by atoms with van der Waals surface area (Å²) in [5.41, 5.74) is 1.19. The van der Waals surface area contributed by atoms with Gasteiger partial charge in [0.1, 0.15) is 4.88 Å². The van der Waals surface area contributed by atoms with Crippen molar-refractivity contribution in [1.29, 1.82) is 0 Å². The van der Waals surface area contributed by atoms with E-state index in [2.05, 4.69) is 4.74 Å². The number of carbonyl (C=O) groups is 1. The largest absolute Gasteiger partial charge is 0.465 e. The number of esters is 1. The molecule has 1 aromatic carbocycles. The van der Waals surface area contributed by atoms with Crippen molar-refractivity contribution in [2.24, 2.45) is 0 Å². The van der Waals surface area contributed by atoms with Gasteiger partial charge in [0, 0.05) is 4.70 Å². The zero-order valence-corrected chi connectivity index (χ0v) is 10.9. The molecule has 2 rings (SSSR count). The number of carbonyl (C=O) groups excluding carboxylic acids is 1. The third-order valence-electron chi connectivity index (χ3n) is 2.17. The van der Waals surface area contributed by atoms with Crippen LogP contribution in [0.25, 0.3) is 10.1 Å². The van der Waals surface area contributed by atoms with Crippen LogP contribution in [0.2, 0.25) is 0 Å². The molecule has 1 heterocycles. The van der Waals surface area contributed by atoms with E-state index in [9.17, 15) is 4.79 Å². The van der Waals surface area contributed by atoms with Gasteiger partial charge in [0.2, 0.25) is 0 Å². The fourth-order valence-corrected chi connectivity index (χ4v) is 2.46. The Hall–Kier alpha value is -1.35. The smallest absolute Gasteiger partial charge is 0.348 e. The lowest BCUT2D eigenvalue weighted by Crippen LogP contribution is -1.96. The maximum Gasteiger partial charge on any atom is 0.348 e. The van der Waals surface area contributed by atoms with Gasteiger partial charge in [-0.2, -0.15) is 0 Å². The highest BCUT2D eigenvalue weighted by Crippen LogP contribution is 2.28. The maximum absolute atomic E-state index is 11.3. The first-order chi connectivity index (χ1) is 7.72. The molecule has 2 nitrogen and oxygen atoms in total. The topological polar surface area (TPSA) is 26.3 Å². The van der Waals surface area contributed by atoms with Crippen molar-refractivity contribution in [3.05, 3.63) is 34.7 Å². The molecule has 0 radical (unpaired) electrons. The summed E-state index contributed by atoms with van der Waals surface area (Å²) in [5.74, 6) is -0.259. The molecule has 0 fully saturated rings. The second-order valence-corrected chi connectivity index (χ2v) is 4.17. The quantitative estimate of drug-likeness (QED) is 0.699. The molecule has 1 aromatic heterocycles. The molecule has 0 saturated heterocycles. The molecule has 3 heteroatoms. The van der Waals surface area contributed by atoms with Crippen LogP contribution in [-0.4, -0.2) is 13.1 Å². The number of hydrogen-bond acceptors (Lipinski definition) is 3. The summed E-state index contributed by atoms with van der Waals surface area (Å²) in [6, 6.07) is 7.94. The number of ether oxygens (including phenoxy) is 1. The molecule has 0 bridgehead atoms. The van der Waals surface area contributed by atoms with Crippen molar-refractivity contribution in [1.82, 2.24) is 0 Å². The van der Waals surface area contributed by atoms with E-state index in [4.69, 9.17) is 0 Å². The molecular formula is C13H16O2S. The number of thiophene rings is 1. The van der Waals surface area contributed by atoms with Gasteiger partial charge in [-0.25, -0.2) is 4.79 Å². The zero-order valence-electron chi connectivity index (χ0n) is 10.0. The van der Waals surface area contributed by atoms with E-state index in [1.165, 1.54) is 24.0 Å². The summed E-state index contributed by atoms with van der Waals surface area (Å²) in [6.07, 6.45) is 0. The highest BCUT2D eigenvalue weighted by atomic mass is 32.1. The van der Waals surface area contributed by atoms with Crippen LogP contribution < -0.4 is 0 Å². The monoisotopic (exact) mass is 236 g/mol. The predicted octanol–water partition coefficient (Wildman–Crippen LogP) is 4.02. The fraction of sp³-hybridized carbons (Fsp3) is 0.308. The van der Waals surface area contributed by atoms with E-state index in [0.29, 0.717) is 4.88 Å². The maximum atomic E-state index is 11.3. The van der Waals surface area contributed by atoms with Crippen molar-refractivity contribution < 1.29 is 9.53 Å². The summed E-state index contributed by atoms with van der Waals surface area (Å²) in [4.78, 5) is 11.9. The molecule has 0 aliphatic rings. The average molecular weight is 236 g/mol. The zero-order chi connectivity index (χ0) is 12.1. The SMILES string of the molecule is CC.COC(=O)c1cc2c(C)cccc2s1. The Morgan fingerprint density at radius 2 is 2.00 bits per heavy atom. The lowest BCUT2D eigenvalue weighted by Gasteiger charge is -1.92. The van der Waals surface area contributed by atoms with Gasteiger partial charge in [0.25, 0.3) is 0 Å². The number of hydrogen-bond donors (Lipinski definition) is 0. The van der Waals surface area contributed by atoms with E-state index in [0.717, 1.165) is 10.1 Å². The molecule has 86 valence electrons. The van der Waals surface area contributed by atoms with Crippen molar-refractivity contribution >= 4 is 27.4 Å². The Kier molecular flexibility index (Phi) is 4.50. The Balaban J connectivity index is 0.000000606. The molecule has 0 unspecified atom stereocenters. The molecule has 0 aliphatic heterocycles. The summed E-state index contributed by atoms with van der Waals surface area (Å²) in [5, 5.41) is 1.14. The van der Waals surface area contributed by atoms with Crippen LogP contribution in [0.15, 0.2) is 24.3 Å². The van der Waals surface area contributed by atoms with Gasteiger partial charge >= 0.3 is 5.97 Å². The number of benzene rings is 1. The highest BCUT2D eigenvalue weighted by Gasteiger charge is 2.10. The second kappa shape index (κ2) is 5.66. The second-order valence-electron chi connectivity index (χ2n) is 3.09. The third kappa shape index (κ3) is 2.42. The van der Waals surface area contributed by atoms with Gasteiger partial charge in [0.05, 0.1) is 7.11 Å². The van der Waals surface area contributed by atoms with E-state index in [1.54, 1.807) is 0 Å². The molecule has 0 spiro atoms. The minimum atomic E-state index is -0.259. The van der Waals surface area contributed by atoms with Crippen LogP contribution in [0.1, 0.15) is 29.1 Å².